The number of hydrogen-bond donors (Lipinski definition) is 0. The van der Waals surface area contributed by atoms with Crippen molar-refractivity contribution in [3.05, 3.63) is 83.9 Å². The fourth-order valence-electron chi connectivity index (χ4n) is 3.10. The molecule has 0 amide bonds. The van der Waals surface area contributed by atoms with Gasteiger partial charge in [-0.05, 0) is 60.0 Å². The van der Waals surface area contributed by atoms with E-state index in [1.807, 2.05) is 42.5 Å². The van der Waals surface area contributed by atoms with Gasteiger partial charge >= 0.3 is 6.16 Å². The first-order valence-corrected chi connectivity index (χ1v) is 8.49. The van der Waals surface area contributed by atoms with Crippen LogP contribution in [0.5, 0.6) is 11.5 Å². The van der Waals surface area contributed by atoms with E-state index >= 15 is 0 Å². The van der Waals surface area contributed by atoms with Crippen LogP contribution in [0.25, 0.3) is 21.5 Å². The molecule has 4 rings (SSSR count). The Morgan fingerprint density at radius 3 is 2.19 bits per heavy atom. The summed E-state index contributed by atoms with van der Waals surface area (Å²) in [6.45, 7) is 4.13. The number of para-hydroxylation sites is 1. The predicted molar refractivity (Wildman–Crippen MR) is 104 cm³/mol. The fourth-order valence-corrected chi connectivity index (χ4v) is 3.10. The highest BCUT2D eigenvalue weighted by molar-refractivity contribution is 6.06. The first-order chi connectivity index (χ1) is 12.6. The molecule has 0 unspecified atom stereocenters. The van der Waals surface area contributed by atoms with Gasteiger partial charge in [-0.15, -0.1) is 0 Å². The molecule has 4 aromatic carbocycles. The van der Waals surface area contributed by atoms with E-state index in [-0.39, 0.29) is 0 Å². The number of aryl methyl sites for hydroxylation is 2. The molecule has 0 bridgehead atoms. The van der Waals surface area contributed by atoms with E-state index in [0.717, 1.165) is 27.1 Å². The van der Waals surface area contributed by atoms with Crippen molar-refractivity contribution >= 4 is 27.7 Å². The lowest BCUT2D eigenvalue weighted by molar-refractivity contribution is 0.153. The Kier molecular flexibility index (Phi) is 4.05. The normalized spacial score (nSPS) is 10.8. The second-order valence-electron chi connectivity index (χ2n) is 6.35. The summed E-state index contributed by atoms with van der Waals surface area (Å²) in [6.07, 6.45) is -0.743. The van der Waals surface area contributed by atoms with Crippen molar-refractivity contribution in [1.29, 1.82) is 0 Å². The third kappa shape index (κ3) is 3.00. The van der Waals surface area contributed by atoms with Crippen LogP contribution in [0.3, 0.4) is 0 Å². The molecule has 0 fully saturated rings. The van der Waals surface area contributed by atoms with Gasteiger partial charge in [0.05, 0.1) is 0 Å². The maximum Gasteiger partial charge on any atom is 0.519 e. The van der Waals surface area contributed by atoms with Gasteiger partial charge in [0, 0.05) is 10.8 Å². The quantitative estimate of drug-likeness (QED) is 0.248. The van der Waals surface area contributed by atoms with Gasteiger partial charge in [-0.2, -0.15) is 0 Å². The van der Waals surface area contributed by atoms with Gasteiger partial charge in [-0.25, -0.2) is 4.79 Å². The highest BCUT2D eigenvalue weighted by Gasteiger charge is 2.15. The molecule has 0 atom stereocenters. The Morgan fingerprint density at radius 2 is 1.38 bits per heavy atom. The highest BCUT2D eigenvalue weighted by Crippen LogP contribution is 2.36. The Hall–Kier alpha value is -3.33. The van der Waals surface area contributed by atoms with Crippen LogP contribution in [0.2, 0.25) is 0 Å². The minimum absolute atomic E-state index is 0.453. The molecule has 0 saturated heterocycles. The van der Waals surface area contributed by atoms with Gasteiger partial charge < -0.3 is 9.47 Å². The number of carbonyl (C=O) groups is 1. The first kappa shape index (κ1) is 16.2. The number of benzene rings is 4. The molecular weight excluding hydrogens is 324 g/mol. The predicted octanol–water partition coefficient (Wildman–Crippen LogP) is 6.19. The van der Waals surface area contributed by atoms with Crippen molar-refractivity contribution in [2.24, 2.45) is 0 Å². The SMILES string of the molecule is Cc1cc2cc3ccccc3c(OC(=O)Oc3ccccc3)c2cc1C. The molecule has 0 radical (unpaired) electrons. The van der Waals surface area contributed by atoms with Crippen molar-refractivity contribution < 1.29 is 14.3 Å². The minimum atomic E-state index is -0.743. The van der Waals surface area contributed by atoms with Crippen molar-refractivity contribution in [2.45, 2.75) is 13.8 Å². The summed E-state index contributed by atoms with van der Waals surface area (Å²) in [6, 6.07) is 23.1. The lowest BCUT2D eigenvalue weighted by atomic mass is 9.98. The number of hydrogen-bond acceptors (Lipinski definition) is 3. The van der Waals surface area contributed by atoms with Gasteiger partial charge in [0.15, 0.2) is 0 Å². The van der Waals surface area contributed by atoms with Crippen LogP contribution in [0, 0.1) is 13.8 Å². The van der Waals surface area contributed by atoms with E-state index in [2.05, 4.69) is 32.0 Å². The third-order valence-electron chi connectivity index (χ3n) is 4.56. The molecule has 0 aliphatic heterocycles. The molecular formula is C23H18O3. The minimum Gasteiger partial charge on any atom is -0.395 e. The van der Waals surface area contributed by atoms with Gasteiger partial charge in [0.25, 0.3) is 0 Å². The second-order valence-corrected chi connectivity index (χ2v) is 6.35. The molecule has 0 saturated carbocycles. The van der Waals surface area contributed by atoms with Crippen molar-refractivity contribution in [1.82, 2.24) is 0 Å². The molecule has 0 aliphatic carbocycles. The molecule has 0 aromatic heterocycles. The lowest BCUT2D eigenvalue weighted by Crippen LogP contribution is -2.14. The second kappa shape index (κ2) is 6.52. The van der Waals surface area contributed by atoms with E-state index in [9.17, 15) is 4.79 Å². The summed E-state index contributed by atoms with van der Waals surface area (Å²) in [5.41, 5.74) is 2.35. The van der Waals surface area contributed by atoms with Crippen LogP contribution < -0.4 is 9.47 Å². The highest BCUT2D eigenvalue weighted by atomic mass is 16.7. The summed E-state index contributed by atoms with van der Waals surface area (Å²) >= 11 is 0. The Bertz CT molecular complexity index is 1110. The van der Waals surface area contributed by atoms with Crippen LogP contribution in [-0.4, -0.2) is 6.16 Å². The monoisotopic (exact) mass is 342 g/mol. The van der Waals surface area contributed by atoms with Gasteiger partial charge in [0.2, 0.25) is 0 Å². The zero-order chi connectivity index (χ0) is 18.1. The Labute approximate surface area is 151 Å². The van der Waals surface area contributed by atoms with Crippen LogP contribution in [0.4, 0.5) is 4.79 Å². The smallest absolute Gasteiger partial charge is 0.395 e. The van der Waals surface area contributed by atoms with Gasteiger partial charge in [-0.3, -0.25) is 0 Å². The molecule has 0 aliphatic rings. The van der Waals surface area contributed by atoms with Crippen LogP contribution >= 0.6 is 0 Å². The zero-order valence-electron chi connectivity index (χ0n) is 14.7. The molecule has 0 heterocycles. The molecule has 4 aromatic rings. The Morgan fingerprint density at radius 1 is 0.692 bits per heavy atom. The molecule has 3 heteroatoms. The van der Waals surface area contributed by atoms with Crippen LogP contribution in [-0.2, 0) is 0 Å². The third-order valence-corrected chi connectivity index (χ3v) is 4.56. The van der Waals surface area contributed by atoms with E-state index in [1.165, 1.54) is 5.56 Å². The molecule has 3 nitrogen and oxygen atoms in total. The zero-order valence-corrected chi connectivity index (χ0v) is 14.7. The first-order valence-electron chi connectivity index (χ1n) is 8.49. The number of fused-ring (bicyclic) bond motifs is 2. The fraction of sp³-hybridized carbons (Fsp3) is 0.0870. The van der Waals surface area contributed by atoms with E-state index in [1.54, 1.807) is 12.1 Å². The number of rotatable bonds is 2. The summed E-state index contributed by atoms with van der Waals surface area (Å²) in [5, 5.41) is 3.84. The van der Waals surface area contributed by atoms with Crippen molar-refractivity contribution in [2.75, 3.05) is 0 Å². The standard InChI is InChI=1S/C23H18O3/c1-15-12-18-14-17-8-6-7-11-20(17)22(21(18)13-16(15)2)26-23(24)25-19-9-4-3-5-10-19/h3-14H,1-2H3. The average molecular weight is 342 g/mol. The van der Waals surface area contributed by atoms with Crippen molar-refractivity contribution in [3.8, 4) is 11.5 Å². The molecule has 26 heavy (non-hydrogen) atoms. The van der Waals surface area contributed by atoms with E-state index in [4.69, 9.17) is 9.47 Å². The van der Waals surface area contributed by atoms with Crippen LogP contribution in [0.15, 0.2) is 72.8 Å². The summed E-state index contributed by atoms with van der Waals surface area (Å²) in [5.74, 6) is 0.983. The summed E-state index contributed by atoms with van der Waals surface area (Å²) < 4.78 is 11.0. The average Bonchev–Trinajstić information content (AvgIpc) is 2.64. The molecule has 128 valence electrons. The van der Waals surface area contributed by atoms with Gasteiger partial charge in [-0.1, -0.05) is 48.5 Å². The molecule has 0 N–H and O–H groups in total. The van der Waals surface area contributed by atoms with E-state index < -0.39 is 6.16 Å². The van der Waals surface area contributed by atoms with Gasteiger partial charge in [0.1, 0.15) is 11.5 Å². The maximum absolute atomic E-state index is 12.4. The number of carbonyl (C=O) groups excluding carboxylic acids is 1. The van der Waals surface area contributed by atoms with E-state index in [0.29, 0.717) is 11.5 Å². The number of ether oxygens (including phenoxy) is 2. The molecule has 0 spiro atoms. The summed E-state index contributed by atoms with van der Waals surface area (Å²) in [4.78, 5) is 12.4. The lowest BCUT2D eigenvalue weighted by Gasteiger charge is -2.13. The van der Waals surface area contributed by atoms with Crippen LogP contribution in [0.1, 0.15) is 11.1 Å². The maximum atomic E-state index is 12.4. The Balaban J connectivity index is 1.83. The van der Waals surface area contributed by atoms with Crippen molar-refractivity contribution in [3.63, 3.8) is 0 Å². The topological polar surface area (TPSA) is 35.5 Å². The largest absolute Gasteiger partial charge is 0.519 e. The summed E-state index contributed by atoms with van der Waals surface area (Å²) in [7, 11) is 0.